The van der Waals surface area contributed by atoms with E-state index in [1.807, 2.05) is 6.20 Å². The van der Waals surface area contributed by atoms with Crippen LogP contribution >= 0.6 is 15.9 Å². The number of nitrogens with zero attached hydrogens (tertiary/aromatic N) is 2. The number of anilines is 1. The summed E-state index contributed by atoms with van der Waals surface area (Å²) in [5.74, 6) is 1.93. The molecule has 1 aliphatic carbocycles. The summed E-state index contributed by atoms with van der Waals surface area (Å²) in [7, 11) is 0. The van der Waals surface area contributed by atoms with Crippen LogP contribution in [0.15, 0.2) is 16.7 Å². The molecule has 0 unspecified atom stereocenters. The van der Waals surface area contributed by atoms with Crippen molar-refractivity contribution in [2.24, 2.45) is 5.92 Å². The van der Waals surface area contributed by atoms with E-state index >= 15 is 0 Å². The second-order valence-electron chi connectivity index (χ2n) is 5.40. The lowest BCUT2D eigenvalue weighted by Gasteiger charge is -2.26. The number of halogens is 1. The summed E-state index contributed by atoms with van der Waals surface area (Å²) in [4.78, 5) is 7.10. The fourth-order valence-electron chi connectivity index (χ4n) is 2.08. The van der Waals surface area contributed by atoms with Crippen LogP contribution in [0, 0.1) is 12.8 Å². The van der Waals surface area contributed by atoms with Crippen LogP contribution in [-0.2, 0) is 0 Å². The first-order valence-corrected chi connectivity index (χ1v) is 7.26. The molecule has 0 aliphatic heterocycles. The Morgan fingerprint density at radius 1 is 1.47 bits per heavy atom. The zero-order chi connectivity index (χ0) is 12.4. The number of hydrogen-bond acceptors (Lipinski definition) is 2. The molecular weight excluding hydrogens is 276 g/mol. The van der Waals surface area contributed by atoms with Crippen LogP contribution in [-0.4, -0.2) is 17.6 Å². The van der Waals surface area contributed by atoms with Gasteiger partial charge in [-0.1, -0.05) is 13.8 Å². The van der Waals surface area contributed by atoms with Gasteiger partial charge in [0, 0.05) is 23.3 Å². The first-order valence-electron chi connectivity index (χ1n) is 6.46. The van der Waals surface area contributed by atoms with E-state index in [2.05, 4.69) is 52.7 Å². The third-order valence-electron chi connectivity index (χ3n) is 3.22. The van der Waals surface area contributed by atoms with Crippen molar-refractivity contribution < 1.29 is 0 Å². The summed E-state index contributed by atoms with van der Waals surface area (Å²) in [6.45, 7) is 7.86. The molecule has 94 valence electrons. The normalized spacial score (nSPS) is 15.4. The maximum atomic E-state index is 4.60. The van der Waals surface area contributed by atoms with Crippen molar-refractivity contribution in [2.75, 3.05) is 11.4 Å². The average molecular weight is 297 g/mol. The van der Waals surface area contributed by atoms with E-state index < -0.39 is 0 Å². The summed E-state index contributed by atoms with van der Waals surface area (Å²) in [5, 5.41) is 0. The van der Waals surface area contributed by atoms with Crippen molar-refractivity contribution in [3.8, 4) is 0 Å². The molecule has 0 radical (unpaired) electrons. The molecule has 0 aromatic carbocycles. The Morgan fingerprint density at radius 2 is 2.18 bits per heavy atom. The lowest BCUT2D eigenvalue weighted by Crippen LogP contribution is -2.29. The predicted octanol–water partition coefficient (Wildman–Crippen LogP) is 4.17. The Labute approximate surface area is 113 Å². The first-order chi connectivity index (χ1) is 8.08. The molecule has 1 fully saturated rings. The van der Waals surface area contributed by atoms with Crippen LogP contribution in [0.2, 0.25) is 0 Å². The Bertz CT molecular complexity index is 386. The van der Waals surface area contributed by atoms with Crippen molar-refractivity contribution in [2.45, 2.75) is 46.1 Å². The highest BCUT2D eigenvalue weighted by molar-refractivity contribution is 9.10. The minimum absolute atomic E-state index is 0.737. The standard InChI is InChI=1S/C14H21BrN2/c1-10(2)6-7-17(13-4-5-13)14-11(3)8-12(15)9-16-14/h8-10,13H,4-7H2,1-3H3. The van der Waals surface area contributed by atoms with Gasteiger partial charge in [0.1, 0.15) is 5.82 Å². The summed E-state index contributed by atoms with van der Waals surface area (Å²) >= 11 is 3.48. The summed E-state index contributed by atoms with van der Waals surface area (Å²) in [6.07, 6.45) is 5.81. The Hall–Kier alpha value is -0.570. The maximum Gasteiger partial charge on any atom is 0.131 e. The third kappa shape index (κ3) is 3.44. The van der Waals surface area contributed by atoms with Crippen molar-refractivity contribution in [1.29, 1.82) is 0 Å². The third-order valence-corrected chi connectivity index (χ3v) is 3.66. The van der Waals surface area contributed by atoms with Gasteiger partial charge in [0.25, 0.3) is 0 Å². The van der Waals surface area contributed by atoms with Crippen LogP contribution in [0.5, 0.6) is 0 Å². The van der Waals surface area contributed by atoms with Crippen LogP contribution < -0.4 is 4.90 Å². The molecule has 0 atom stereocenters. The van der Waals surface area contributed by atoms with Crippen molar-refractivity contribution >= 4 is 21.7 Å². The van der Waals surface area contributed by atoms with E-state index in [9.17, 15) is 0 Å². The lowest BCUT2D eigenvalue weighted by molar-refractivity contribution is 0.568. The van der Waals surface area contributed by atoms with E-state index in [0.717, 1.165) is 23.0 Å². The largest absolute Gasteiger partial charge is 0.353 e. The quantitative estimate of drug-likeness (QED) is 0.811. The Balaban J connectivity index is 2.14. The molecule has 2 rings (SSSR count). The van der Waals surface area contributed by atoms with Gasteiger partial charge >= 0.3 is 0 Å². The van der Waals surface area contributed by atoms with Gasteiger partial charge in [-0.25, -0.2) is 4.98 Å². The zero-order valence-electron chi connectivity index (χ0n) is 10.9. The summed E-state index contributed by atoms with van der Waals surface area (Å²) in [5.41, 5.74) is 1.27. The fraction of sp³-hybridized carbons (Fsp3) is 0.643. The van der Waals surface area contributed by atoms with E-state index in [1.54, 1.807) is 0 Å². The summed E-state index contributed by atoms with van der Waals surface area (Å²) < 4.78 is 1.07. The SMILES string of the molecule is Cc1cc(Br)cnc1N(CCC(C)C)C1CC1. The molecule has 1 aliphatic rings. The van der Waals surface area contributed by atoms with Gasteiger partial charge in [0.15, 0.2) is 0 Å². The van der Waals surface area contributed by atoms with Gasteiger partial charge in [-0.15, -0.1) is 0 Å². The Morgan fingerprint density at radius 3 is 2.71 bits per heavy atom. The van der Waals surface area contributed by atoms with Crippen LogP contribution in [0.4, 0.5) is 5.82 Å². The summed E-state index contributed by atoms with van der Waals surface area (Å²) in [6, 6.07) is 2.90. The highest BCUT2D eigenvalue weighted by Gasteiger charge is 2.30. The molecule has 0 saturated heterocycles. The molecule has 0 N–H and O–H groups in total. The molecule has 3 heteroatoms. The second kappa shape index (κ2) is 5.38. The molecule has 1 aromatic heterocycles. The van der Waals surface area contributed by atoms with E-state index in [1.165, 1.54) is 30.6 Å². The molecule has 17 heavy (non-hydrogen) atoms. The number of aryl methyl sites for hydroxylation is 1. The highest BCUT2D eigenvalue weighted by Crippen LogP contribution is 2.33. The van der Waals surface area contributed by atoms with Gasteiger partial charge in [0.05, 0.1) is 0 Å². The molecule has 1 saturated carbocycles. The molecule has 1 heterocycles. The molecule has 1 aromatic rings. The molecular formula is C14H21BrN2. The number of pyridine rings is 1. The fourth-order valence-corrected chi connectivity index (χ4v) is 2.52. The Kier molecular flexibility index (Phi) is 4.08. The van der Waals surface area contributed by atoms with E-state index in [-0.39, 0.29) is 0 Å². The van der Waals surface area contributed by atoms with E-state index in [4.69, 9.17) is 0 Å². The number of aromatic nitrogens is 1. The van der Waals surface area contributed by atoms with Crippen LogP contribution in [0.25, 0.3) is 0 Å². The monoisotopic (exact) mass is 296 g/mol. The van der Waals surface area contributed by atoms with Gasteiger partial charge in [-0.3, -0.25) is 0 Å². The van der Waals surface area contributed by atoms with Gasteiger partial charge in [-0.05, 0) is 59.7 Å². The van der Waals surface area contributed by atoms with E-state index in [0.29, 0.717) is 0 Å². The van der Waals surface area contributed by atoms with Crippen molar-refractivity contribution in [3.05, 3.63) is 22.3 Å². The van der Waals surface area contributed by atoms with Gasteiger partial charge in [0.2, 0.25) is 0 Å². The smallest absolute Gasteiger partial charge is 0.131 e. The van der Waals surface area contributed by atoms with Gasteiger partial charge < -0.3 is 4.90 Å². The lowest BCUT2D eigenvalue weighted by atomic mass is 10.1. The van der Waals surface area contributed by atoms with Crippen molar-refractivity contribution in [1.82, 2.24) is 4.98 Å². The maximum absolute atomic E-state index is 4.60. The molecule has 2 nitrogen and oxygen atoms in total. The second-order valence-corrected chi connectivity index (χ2v) is 6.32. The minimum atomic E-state index is 0.737. The average Bonchev–Trinajstić information content (AvgIpc) is 3.04. The van der Waals surface area contributed by atoms with Crippen LogP contribution in [0.3, 0.4) is 0 Å². The molecule has 0 bridgehead atoms. The minimum Gasteiger partial charge on any atom is -0.353 e. The first kappa shape index (κ1) is 12.9. The van der Waals surface area contributed by atoms with Crippen LogP contribution in [0.1, 0.15) is 38.7 Å². The topological polar surface area (TPSA) is 16.1 Å². The number of hydrogen-bond donors (Lipinski definition) is 0. The molecule has 0 amide bonds. The highest BCUT2D eigenvalue weighted by atomic mass is 79.9. The number of rotatable bonds is 5. The zero-order valence-corrected chi connectivity index (χ0v) is 12.5. The predicted molar refractivity (Wildman–Crippen MR) is 76.5 cm³/mol. The molecule has 0 spiro atoms. The van der Waals surface area contributed by atoms with Gasteiger partial charge in [-0.2, -0.15) is 0 Å². The van der Waals surface area contributed by atoms with Crippen molar-refractivity contribution in [3.63, 3.8) is 0 Å².